The van der Waals surface area contributed by atoms with E-state index in [0.29, 0.717) is 25.0 Å². The molecule has 17 heavy (non-hydrogen) atoms. The number of hydrogen-bond donors (Lipinski definition) is 2. The molecule has 2 N–H and O–H groups in total. The predicted octanol–water partition coefficient (Wildman–Crippen LogP) is 1.34. The third-order valence-corrected chi connectivity index (χ3v) is 2.88. The van der Waals surface area contributed by atoms with Gasteiger partial charge in [-0.05, 0) is 44.0 Å². The van der Waals surface area contributed by atoms with Gasteiger partial charge in [0.25, 0.3) is 5.91 Å². The van der Waals surface area contributed by atoms with Crippen molar-refractivity contribution in [2.24, 2.45) is 0 Å². The molecule has 0 atom stereocenters. The number of aliphatic hydroxyl groups excluding tert-OH is 1. The Kier molecular flexibility index (Phi) is 3.64. The van der Waals surface area contributed by atoms with E-state index in [-0.39, 0.29) is 18.1 Å². The molecule has 1 aliphatic carbocycles. The molecular formula is C13H17NO3. The van der Waals surface area contributed by atoms with Gasteiger partial charge in [-0.1, -0.05) is 0 Å². The van der Waals surface area contributed by atoms with E-state index in [9.17, 15) is 4.79 Å². The summed E-state index contributed by atoms with van der Waals surface area (Å²) in [5.41, 5.74) is 0.620. The molecule has 1 fully saturated rings. The van der Waals surface area contributed by atoms with Crippen LogP contribution in [0, 0.1) is 0 Å². The molecule has 4 heteroatoms. The van der Waals surface area contributed by atoms with E-state index in [2.05, 4.69) is 5.32 Å². The summed E-state index contributed by atoms with van der Waals surface area (Å²) >= 11 is 0. The fourth-order valence-corrected chi connectivity index (χ4v) is 1.84. The lowest BCUT2D eigenvalue weighted by molar-refractivity contribution is 0.0562. The van der Waals surface area contributed by atoms with Gasteiger partial charge in [-0.15, -0.1) is 0 Å². The largest absolute Gasteiger partial charge is 0.494 e. The summed E-state index contributed by atoms with van der Waals surface area (Å²) in [6.45, 7) is 2.54. The summed E-state index contributed by atoms with van der Waals surface area (Å²) < 4.78 is 5.30. The lowest BCUT2D eigenvalue weighted by Gasteiger charge is -2.31. The maximum Gasteiger partial charge on any atom is 0.251 e. The van der Waals surface area contributed by atoms with E-state index in [1.54, 1.807) is 24.3 Å². The van der Waals surface area contributed by atoms with Crippen LogP contribution in [0.4, 0.5) is 0 Å². The first-order chi connectivity index (χ1) is 8.19. The molecule has 0 aromatic heterocycles. The third kappa shape index (κ3) is 2.97. The van der Waals surface area contributed by atoms with Crippen LogP contribution in [0.5, 0.6) is 5.75 Å². The van der Waals surface area contributed by atoms with Gasteiger partial charge < -0.3 is 15.2 Å². The van der Waals surface area contributed by atoms with Gasteiger partial charge >= 0.3 is 0 Å². The molecule has 0 spiro atoms. The monoisotopic (exact) mass is 235 g/mol. The van der Waals surface area contributed by atoms with Crippen molar-refractivity contribution in [2.75, 3.05) is 6.61 Å². The number of nitrogens with one attached hydrogen (secondary N) is 1. The van der Waals surface area contributed by atoms with E-state index >= 15 is 0 Å². The van der Waals surface area contributed by atoms with Gasteiger partial charge in [-0.3, -0.25) is 4.79 Å². The molecule has 1 aromatic carbocycles. The summed E-state index contributed by atoms with van der Waals surface area (Å²) in [5.74, 6) is 0.674. The minimum absolute atomic E-state index is 0.0926. The van der Waals surface area contributed by atoms with Gasteiger partial charge in [-0.2, -0.15) is 0 Å². The Balaban J connectivity index is 1.90. The summed E-state index contributed by atoms with van der Waals surface area (Å²) in [6.07, 6.45) is 1.06. The SMILES string of the molecule is CCOc1ccc(C(=O)NC2CC(O)C2)cc1. The molecule has 1 aliphatic rings. The molecule has 0 aliphatic heterocycles. The zero-order chi connectivity index (χ0) is 12.3. The van der Waals surface area contributed by atoms with Crippen molar-refractivity contribution in [3.05, 3.63) is 29.8 Å². The number of carbonyl (C=O) groups excluding carboxylic acids is 1. The Hall–Kier alpha value is -1.55. The topological polar surface area (TPSA) is 58.6 Å². The van der Waals surface area contributed by atoms with Crippen LogP contribution in [0.3, 0.4) is 0 Å². The second-order valence-electron chi connectivity index (χ2n) is 4.25. The van der Waals surface area contributed by atoms with Crippen LogP contribution in [-0.2, 0) is 0 Å². The quantitative estimate of drug-likeness (QED) is 0.828. The van der Waals surface area contributed by atoms with Crippen molar-refractivity contribution in [3.8, 4) is 5.75 Å². The Labute approximate surface area is 101 Å². The molecule has 0 bridgehead atoms. The summed E-state index contributed by atoms with van der Waals surface area (Å²) in [6, 6.07) is 7.18. The molecule has 0 unspecified atom stereocenters. The molecule has 4 nitrogen and oxygen atoms in total. The van der Waals surface area contributed by atoms with E-state index in [1.165, 1.54) is 0 Å². The number of amides is 1. The number of carbonyl (C=O) groups is 1. The van der Waals surface area contributed by atoms with Crippen molar-refractivity contribution < 1.29 is 14.6 Å². The van der Waals surface area contributed by atoms with Crippen LogP contribution in [0.2, 0.25) is 0 Å². The molecule has 1 aromatic rings. The summed E-state index contributed by atoms with van der Waals surface area (Å²) in [4.78, 5) is 11.8. The number of benzene rings is 1. The van der Waals surface area contributed by atoms with Gasteiger partial charge in [0.15, 0.2) is 0 Å². The smallest absolute Gasteiger partial charge is 0.251 e. The number of rotatable bonds is 4. The number of ether oxygens (including phenoxy) is 1. The molecule has 0 saturated heterocycles. The van der Waals surface area contributed by atoms with Gasteiger partial charge in [-0.25, -0.2) is 0 Å². The Morgan fingerprint density at radius 2 is 2.06 bits per heavy atom. The van der Waals surface area contributed by atoms with Crippen LogP contribution < -0.4 is 10.1 Å². The van der Waals surface area contributed by atoms with Gasteiger partial charge in [0.1, 0.15) is 5.75 Å². The highest BCUT2D eigenvalue weighted by molar-refractivity contribution is 5.94. The minimum atomic E-state index is -0.249. The maximum atomic E-state index is 11.8. The van der Waals surface area contributed by atoms with E-state index in [4.69, 9.17) is 9.84 Å². The van der Waals surface area contributed by atoms with Crippen molar-refractivity contribution in [3.63, 3.8) is 0 Å². The molecule has 1 amide bonds. The molecule has 1 saturated carbocycles. The number of hydrogen-bond acceptors (Lipinski definition) is 3. The zero-order valence-electron chi connectivity index (χ0n) is 9.85. The Morgan fingerprint density at radius 1 is 1.41 bits per heavy atom. The highest BCUT2D eigenvalue weighted by Gasteiger charge is 2.28. The van der Waals surface area contributed by atoms with E-state index < -0.39 is 0 Å². The standard InChI is InChI=1S/C13H17NO3/c1-2-17-12-5-3-9(4-6-12)13(16)14-10-7-11(15)8-10/h3-6,10-11,15H,2,7-8H2,1H3,(H,14,16). The molecule has 92 valence electrons. The van der Waals surface area contributed by atoms with E-state index in [1.807, 2.05) is 6.92 Å². The number of aliphatic hydroxyl groups is 1. The molecule has 0 radical (unpaired) electrons. The first kappa shape index (κ1) is 11.9. The van der Waals surface area contributed by atoms with Gasteiger partial charge in [0.05, 0.1) is 12.7 Å². The lowest BCUT2D eigenvalue weighted by Crippen LogP contribution is -2.46. The normalized spacial score (nSPS) is 22.7. The molecule has 0 heterocycles. The van der Waals surface area contributed by atoms with Crippen LogP contribution in [0.15, 0.2) is 24.3 Å². The van der Waals surface area contributed by atoms with Gasteiger partial charge in [0, 0.05) is 11.6 Å². The van der Waals surface area contributed by atoms with Crippen molar-refractivity contribution >= 4 is 5.91 Å². The van der Waals surface area contributed by atoms with Crippen LogP contribution in [0.1, 0.15) is 30.1 Å². The first-order valence-corrected chi connectivity index (χ1v) is 5.91. The molecule has 2 rings (SSSR count). The van der Waals surface area contributed by atoms with Crippen LogP contribution in [-0.4, -0.2) is 29.8 Å². The highest BCUT2D eigenvalue weighted by atomic mass is 16.5. The third-order valence-electron chi connectivity index (χ3n) is 2.88. The fourth-order valence-electron chi connectivity index (χ4n) is 1.84. The second-order valence-corrected chi connectivity index (χ2v) is 4.25. The highest BCUT2D eigenvalue weighted by Crippen LogP contribution is 2.20. The van der Waals surface area contributed by atoms with Crippen LogP contribution in [0.25, 0.3) is 0 Å². The van der Waals surface area contributed by atoms with Crippen LogP contribution >= 0.6 is 0 Å². The Morgan fingerprint density at radius 3 is 2.59 bits per heavy atom. The minimum Gasteiger partial charge on any atom is -0.494 e. The average molecular weight is 235 g/mol. The van der Waals surface area contributed by atoms with Gasteiger partial charge in [0.2, 0.25) is 0 Å². The van der Waals surface area contributed by atoms with Crippen molar-refractivity contribution in [1.82, 2.24) is 5.32 Å². The predicted molar refractivity (Wildman–Crippen MR) is 64.1 cm³/mol. The summed E-state index contributed by atoms with van der Waals surface area (Å²) in [5, 5.41) is 12.0. The van der Waals surface area contributed by atoms with Crippen molar-refractivity contribution in [2.45, 2.75) is 31.9 Å². The maximum absolute atomic E-state index is 11.8. The molecular weight excluding hydrogens is 218 g/mol. The first-order valence-electron chi connectivity index (χ1n) is 5.91. The summed E-state index contributed by atoms with van der Waals surface area (Å²) in [7, 11) is 0. The van der Waals surface area contributed by atoms with E-state index in [0.717, 1.165) is 5.75 Å². The zero-order valence-corrected chi connectivity index (χ0v) is 9.85. The van der Waals surface area contributed by atoms with Crippen molar-refractivity contribution in [1.29, 1.82) is 0 Å². The average Bonchev–Trinajstić information content (AvgIpc) is 2.28. The second kappa shape index (κ2) is 5.19. The fraction of sp³-hybridized carbons (Fsp3) is 0.462. The lowest BCUT2D eigenvalue weighted by atomic mass is 9.89. The Bertz CT molecular complexity index is 382.